The molecule has 0 atom stereocenters. The van der Waals surface area contributed by atoms with E-state index in [1.165, 1.54) is 24.3 Å². The Labute approximate surface area is 72.2 Å². The van der Waals surface area contributed by atoms with Crippen LogP contribution >= 0.6 is 0 Å². The summed E-state index contributed by atoms with van der Waals surface area (Å²) in [5, 5.41) is 16.6. The largest absolute Gasteiger partial charge is 0.392 e. The molecule has 0 radical (unpaired) electrons. The molecule has 0 bridgehead atoms. The average molecular weight is 162 g/mol. The van der Waals surface area contributed by atoms with Crippen LogP contribution in [0, 0.1) is 23.7 Å². The molecule has 0 heterocycles. The van der Waals surface area contributed by atoms with Gasteiger partial charge in [0.2, 0.25) is 0 Å². The minimum Gasteiger partial charge on any atom is -0.392 e. The van der Waals surface area contributed by atoms with Gasteiger partial charge in [0.15, 0.2) is 0 Å². The van der Waals surface area contributed by atoms with Crippen molar-refractivity contribution in [1.82, 2.24) is 0 Å². The molecular weight excluding hydrogens is 152 g/mol. The molecule has 0 aliphatic heterocycles. The van der Waals surface area contributed by atoms with Gasteiger partial charge in [-0.3, -0.25) is 0 Å². The number of aliphatic hydroxyl groups is 2. The molecule has 0 unspecified atom stereocenters. The Bertz CT molecular complexity index is 236. The van der Waals surface area contributed by atoms with Gasteiger partial charge in [-0.05, 0) is 24.0 Å². The summed E-state index contributed by atoms with van der Waals surface area (Å²) in [6.45, 7) is -0.0148. The van der Waals surface area contributed by atoms with E-state index >= 15 is 0 Å². The zero-order chi connectivity index (χ0) is 9.07. The second kappa shape index (κ2) is 9.52. The van der Waals surface area contributed by atoms with Gasteiger partial charge in [0, 0.05) is 0 Å². The van der Waals surface area contributed by atoms with E-state index in [9.17, 15) is 0 Å². The summed E-state index contributed by atoms with van der Waals surface area (Å²) in [6, 6.07) is 0. The van der Waals surface area contributed by atoms with Crippen LogP contribution in [0.5, 0.6) is 0 Å². The van der Waals surface area contributed by atoms with E-state index in [-0.39, 0.29) is 13.2 Å². The molecule has 0 spiro atoms. The van der Waals surface area contributed by atoms with Crippen molar-refractivity contribution in [2.75, 3.05) is 13.2 Å². The molecule has 0 aromatic carbocycles. The predicted molar refractivity (Wildman–Crippen MR) is 48.0 cm³/mol. The maximum atomic E-state index is 8.31. The van der Waals surface area contributed by atoms with Crippen molar-refractivity contribution in [2.24, 2.45) is 0 Å². The van der Waals surface area contributed by atoms with E-state index in [2.05, 4.69) is 23.7 Å². The molecule has 12 heavy (non-hydrogen) atoms. The minimum absolute atomic E-state index is 0.00742. The number of allylic oxidation sites excluding steroid dienone is 2. The van der Waals surface area contributed by atoms with Gasteiger partial charge in [0.05, 0.1) is 13.2 Å². The van der Waals surface area contributed by atoms with Crippen molar-refractivity contribution in [3.8, 4) is 23.7 Å². The van der Waals surface area contributed by atoms with Crippen LogP contribution in [0.1, 0.15) is 0 Å². The molecule has 0 saturated heterocycles. The van der Waals surface area contributed by atoms with E-state index in [0.29, 0.717) is 0 Å². The quantitative estimate of drug-likeness (QED) is 0.565. The molecule has 0 aliphatic rings. The molecule has 0 rings (SSSR count). The smallest absolute Gasteiger partial charge is 0.0621 e. The molecule has 0 aromatic rings. The van der Waals surface area contributed by atoms with Crippen LogP contribution in [-0.4, -0.2) is 23.4 Å². The molecule has 0 fully saturated rings. The summed E-state index contributed by atoms with van der Waals surface area (Å²) < 4.78 is 0. The maximum Gasteiger partial charge on any atom is 0.0621 e. The second-order valence-electron chi connectivity index (χ2n) is 1.71. The van der Waals surface area contributed by atoms with Gasteiger partial charge in [-0.15, -0.1) is 0 Å². The van der Waals surface area contributed by atoms with Crippen LogP contribution in [0.3, 0.4) is 0 Å². The Kier molecular flexibility index (Phi) is 8.35. The van der Waals surface area contributed by atoms with Crippen LogP contribution < -0.4 is 0 Å². The van der Waals surface area contributed by atoms with Gasteiger partial charge in [0.25, 0.3) is 0 Å². The molecular formula is C10H10O2. The summed E-state index contributed by atoms with van der Waals surface area (Å²) in [6.07, 6.45) is 6.12. The normalized spacial score (nSPS) is 9.17. The summed E-state index contributed by atoms with van der Waals surface area (Å²) in [7, 11) is 0. The van der Waals surface area contributed by atoms with Crippen LogP contribution in [-0.2, 0) is 0 Å². The van der Waals surface area contributed by atoms with Crippen molar-refractivity contribution in [1.29, 1.82) is 0 Å². The molecule has 62 valence electrons. The fraction of sp³-hybridized carbons (Fsp3) is 0.200. The van der Waals surface area contributed by atoms with Gasteiger partial charge < -0.3 is 10.2 Å². The molecule has 2 heteroatoms. The van der Waals surface area contributed by atoms with Crippen LogP contribution in [0.4, 0.5) is 0 Å². The Balaban J connectivity index is 3.73. The van der Waals surface area contributed by atoms with E-state index in [1.54, 1.807) is 0 Å². The second-order valence-corrected chi connectivity index (χ2v) is 1.71. The SMILES string of the molecule is OCC=CC#CC#CC=CCO. The van der Waals surface area contributed by atoms with Crippen LogP contribution in [0.15, 0.2) is 24.3 Å². The van der Waals surface area contributed by atoms with Gasteiger partial charge in [-0.25, -0.2) is 0 Å². The Morgan fingerprint density at radius 2 is 1.25 bits per heavy atom. The highest BCUT2D eigenvalue weighted by atomic mass is 16.3. The van der Waals surface area contributed by atoms with Crippen molar-refractivity contribution < 1.29 is 10.2 Å². The van der Waals surface area contributed by atoms with E-state index < -0.39 is 0 Å². The lowest BCUT2D eigenvalue weighted by Crippen LogP contribution is -1.68. The number of rotatable bonds is 2. The standard InChI is InChI=1S/C10H10O2/c11-9-7-5-3-1-2-4-6-8-10-12/h5-8,11-12H,9-10H2. The molecule has 2 N–H and O–H groups in total. The van der Waals surface area contributed by atoms with Crippen LogP contribution in [0.2, 0.25) is 0 Å². The first-order chi connectivity index (χ1) is 5.91. The first-order valence-corrected chi connectivity index (χ1v) is 3.44. The third kappa shape index (κ3) is 8.52. The van der Waals surface area contributed by atoms with Crippen LogP contribution in [0.25, 0.3) is 0 Å². The van der Waals surface area contributed by atoms with Crippen molar-refractivity contribution in [3.63, 3.8) is 0 Å². The third-order valence-electron chi connectivity index (χ3n) is 0.820. The zero-order valence-corrected chi connectivity index (χ0v) is 6.62. The van der Waals surface area contributed by atoms with Gasteiger partial charge in [-0.2, -0.15) is 0 Å². The molecule has 0 aromatic heterocycles. The van der Waals surface area contributed by atoms with E-state index in [1.807, 2.05) is 0 Å². The molecule has 2 nitrogen and oxygen atoms in total. The van der Waals surface area contributed by atoms with Gasteiger partial charge in [0.1, 0.15) is 0 Å². The lowest BCUT2D eigenvalue weighted by atomic mass is 10.4. The third-order valence-corrected chi connectivity index (χ3v) is 0.820. The minimum atomic E-state index is -0.00742. The summed E-state index contributed by atoms with van der Waals surface area (Å²) in [5.41, 5.74) is 0. The van der Waals surface area contributed by atoms with Crippen molar-refractivity contribution in [3.05, 3.63) is 24.3 Å². The number of aliphatic hydroxyl groups excluding tert-OH is 2. The highest BCUT2D eigenvalue weighted by Crippen LogP contribution is 1.67. The van der Waals surface area contributed by atoms with E-state index in [0.717, 1.165) is 0 Å². The van der Waals surface area contributed by atoms with E-state index in [4.69, 9.17) is 10.2 Å². The topological polar surface area (TPSA) is 40.5 Å². The summed E-state index contributed by atoms with van der Waals surface area (Å²) in [5.74, 6) is 10.3. The molecule has 0 aliphatic carbocycles. The number of hydrogen-bond acceptors (Lipinski definition) is 2. The van der Waals surface area contributed by atoms with Crippen molar-refractivity contribution >= 4 is 0 Å². The van der Waals surface area contributed by atoms with Crippen molar-refractivity contribution in [2.45, 2.75) is 0 Å². The fourth-order valence-electron chi connectivity index (χ4n) is 0.379. The summed E-state index contributed by atoms with van der Waals surface area (Å²) >= 11 is 0. The maximum absolute atomic E-state index is 8.31. The van der Waals surface area contributed by atoms with Gasteiger partial charge in [-0.1, -0.05) is 24.0 Å². The Hall–Kier alpha value is -1.48. The molecule has 0 amide bonds. The highest BCUT2D eigenvalue weighted by Gasteiger charge is 1.61. The fourth-order valence-corrected chi connectivity index (χ4v) is 0.379. The zero-order valence-electron chi connectivity index (χ0n) is 6.62. The Morgan fingerprint density at radius 3 is 1.58 bits per heavy atom. The average Bonchev–Trinajstić information content (AvgIpc) is 2.10. The Morgan fingerprint density at radius 1 is 0.833 bits per heavy atom. The number of hydrogen-bond donors (Lipinski definition) is 2. The van der Waals surface area contributed by atoms with Gasteiger partial charge >= 0.3 is 0 Å². The monoisotopic (exact) mass is 162 g/mol. The first kappa shape index (κ1) is 10.5. The first-order valence-electron chi connectivity index (χ1n) is 3.44. The predicted octanol–water partition coefficient (Wildman–Crippen LogP) is 0.0902. The molecule has 0 saturated carbocycles. The lowest BCUT2D eigenvalue weighted by molar-refractivity contribution is 0.342. The highest BCUT2D eigenvalue weighted by molar-refractivity contribution is 5.33. The summed E-state index contributed by atoms with van der Waals surface area (Å²) in [4.78, 5) is 0. The lowest BCUT2D eigenvalue weighted by Gasteiger charge is -1.69.